The van der Waals surface area contributed by atoms with Crippen LogP contribution in [0.2, 0.25) is 0 Å². The zero-order chi connectivity index (χ0) is 13.7. The van der Waals surface area contributed by atoms with Crippen molar-refractivity contribution in [3.05, 3.63) is 0 Å². The van der Waals surface area contributed by atoms with Crippen molar-refractivity contribution in [3.63, 3.8) is 0 Å². The van der Waals surface area contributed by atoms with Crippen molar-refractivity contribution in [2.45, 2.75) is 45.1 Å². The fourth-order valence-electron chi connectivity index (χ4n) is 0.971. The van der Waals surface area contributed by atoms with Crippen LogP contribution < -0.4 is 5.32 Å². The Morgan fingerprint density at radius 1 is 1.29 bits per heavy atom. The summed E-state index contributed by atoms with van der Waals surface area (Å²) < 4.78 is 30.6. The predicted octanol–water partition coefficient (Wildman–Crippen LogP) is 2.01. The zero-order valence-electron chi connectivity index (χ0n) is 10.0. The molecule has 7 heteroatoms. The molecule has 100 valence electrons. The third kappa shape index (κ3) is 9.52. The topological polar surface area (TPSA) is 75.6 Å². The van der Waals surface area contributed by atoms with Gasteiger partial charge in [-0.3, -0.25) is 4.79 Å². The highest BCUT2D eigenvalue weighted by Crippen LogP contribution is 2.22. The van der Waals surface area contributed by atoms with E-state index >= 15 is 0 Å². The van der Waals surface area contributed by atoms with Crippen LogP contribution in [0.5, 0.6) is 0 Å². The Kier molecular flexibility index (Phi) is 5.31. The zero-order valence-corrected chi connectivity index (χ0v) is 10.0. The molecule has 0 spiro atoms. The first kappa shape index (κ1) is 15.6. The molecule has 0 aliphatic rings. The predicted molar refractivity (Wildman–Crippen MR) is 56.1 cm³/mol. The minimum absolute atomic E-state index is 0.338. The molecule has 0 bridgehead atoms. The summed E-state index contributed by atoms with van der Waals surface area (Å²) in [5.41, 5.74) is -0.701. The van der Waals surface area contributed by atoms with Gasteiger partial charge in [0.1, 0.15) is 12.0 Å². The molecule has 0 saturated carbocycles. The molecule has 0 aliphatic carbocycles. The van der Waals surface area contributed by atoms with Gasteiger partial charge >= 0.3 is 12.1 Å². The lowest BCUT2D eigenvalue weighted by Gasteiger charge is -2.20. The number of halogens is 2. The summed E-state index contributed by atoms with van der Waals surface area (Å²) in [6.45, 7) is 4.60. The Bertz CT molecular complexity index is 287. The van der Waals surface area contributed by atoms with Crippen molar-refractivity contribution in [3.8, 4) is 0 Å². The Morgan fingerprint density at radius 2 is 1.82 bits per heavy atom. The number of aliphatic carboxylic acids is 1. The minimum Gasteiger partial charge on any atom is -0.481 e. The van der Waals surface area contributed by atoms with Crippen molar-refractivity contribution in [2.75, 3.05) is 6.54 Å². The van der Waals surface area contributed by atoms with E-state index < -0.39 is 36.4 Å². The molecule has 0 heterocycles. The monoisotopic (exact) mass is 253 g/mol. The van der Waals surface area contributed by atoms with Gasteiger partial charge in [-0.15, -0.1) is 0 Å². The third-order valence-electron chi connectivity index (χ3n) is 1.57. The Hall–Kier alpha value is -1.40. The van der Waals surface area contributed by atoms with E-state index in [-0.39, 0.29) is 6.54 Å². The van der Waals surface area contributed by atoms with Gasteiger partial charge in [-0.2, -0.15) is 0 Å². The van der Waals surface area contributed by atoms with Crippen LogP contribution in [0.4, 0.5) is 13.6 Å². The highest BCUT2D eigenvalue weighted by atomic mass is 19.3. The number of carbonyl (C=O) groups is 2. The highest BCUT2D eigenvalue weighted by Gasteiger charge is 2.32. The Morgan fingerprint density at radius 3 is 2.24 bits per heavy atom. The number of ether oxygens (including phenoxy) is 1. The highest BCUT2D eigenvalue weighted by molar-refractivity contribution is 5.68. The molecule has 0 unspecified atom stereocenters. The number of rotatable bonds is 5. The number of carbonyl (C=O) groups excluding carboxylic acids is 1. The fraction of sp³-hybridized carbons (Fsp3) is 0.800. The van der Waals surface area contributed by atoms with E-state index in [9.17, 15) is 18.4 Å². The average molecular weight is 253 g/mol. The van der Waals surface area contributed by atoms with Crippen LogP contribution in [-0.4, -0.2) is 35.2 Å². The summed E-state index contributed by atoms with van der Waals surface area (Å²) in [7, 11) is 0. The van der Waals surface area contributed by atoms with Crippen LogP contribution in [0.1, 0.15) is 33.6 Å². The fourth-order valence-corrected chi connectivity index (χ4v) is 0.971. The molecule has 0 fully saturated rings. The molecule has 0 atom stereocenters. The molecule has 0 radical (unpaired) electrons. The van der Waals surface area contributed by atoms with Crippen LogP contribution in [0.3, 0.4) is 0 Å². The van der Waals surface area contributed by atoms with E-state index in [0.717, 1.165) is 0 Å². The molecular formula is C10H17F2NO4. The summed E-state index contributed by atoms with van der Waals surface area (Å²) >= 11 is 0. The maximum atomic E-state index is 12.9. The molecule has 1 amide bonds. The second kappa shape index (κ2) is 5.79. The first-order chi connectivity index (χ1) is 7.52. The van der Waals surface area contributed by atoms with E-state index in [1.807, 2.05) is 0 Å². The molecular weight excluding hydrogens is 236 g/mol. The second-order valence-corrected chi connectivity index (χ2v) is 4.61. The summed E-state index contributed by atoms with van der Waals surface area (Å²) in [4.78, 5) is 21.2. The van der Waals surface area contributed by atoms with Crippen molar-refractivity contribution in [2.24, 2.45) is 0 Å². The standard InChI is InChI=1S/C10H17F2NO4/c1-9(2,3)17-8(16)13-5-4-10(11,12)6-7(14)15/h4-6H2,1-3H3,(H,13,16)(H,14,15). The second-order valence-electron chi connectivity index (χ2n) is 4.61. The van der Waals surface area contributed by atoms with Gasteiger partial charge in [0, 0.05) is 13.0 Å². The number of amides is 1. The summed E-state index contributed by atoms with van der Waals surface area (Å²) in [6, 6.07) is 0. The SMILES string of the molecule is CC(C)(C)OC(=O)NCCC(F)(F)CC(=O)O. The van der Waals surface area contributed by atoms with Crippen molar-refractivity contribution >= 4 is 12.1 Å². The number of nitrogens with one attached hydrogen (secondary N) is 1. The first-order valence-corrected chi connectivity index (χ1v) is 5.08. The molecule has 0 aliphatic heterocycles. The maximum Gasteiger partial charge on any atom is 0.407 e. The normalized spacial score (nSPS) is 12.1. The van der Waals surface area contributed by atoms with Crippen LogP contribution >= 0.6 is 0 Å². The van der Waals surface area contributed by atoms with E-state index in [4.69, 9.17) is 9.84 Å². The number of alkyl carbamates (subject to hydrolysis) is 1. The average Bonchev–Trinajstić information content (AvgIpc) is 1.95. The molecule has 0 aromatic rings. The summed E-state index contributed by atoms with van der Waals surface area (Å²) in [5, 5.41) is 10.4. The maximum absolute atomic E-state index is 12.9. The van der Waals surface area contributed by atoms with E-state index in [1.165, 1.54) is 0 Å². The lowest BCUT2D eigenvalue weighted by Crippen LogP contribution is -2.35. The van der Waals surface area contributed by atoms with E-state index in [2.05, 4.69) is 5.32 Å². The molecule has 2 N–H and O–H groups in total. The number of carboxylic acids is 1. The molecule has 5 nitrogen and oxygen atoms in total. The van der Waals surface area contributed by atoms with Crippen LogP contribution in [0.15, 0.2) is 0 Å². The van der Waals surface area contributed by atoms with Gasteiger partial charge in [0.15, 0.2) is 0 Å². The van der Waals surface area contributed by atoms with Crippen LogP contribution in [-0.2, 0) is 9.53 Å². The third-order valence-corrected chi connectivity index (χ3v) is 1.57. The quantitative estimate of drug-likeness (QED) is 0.785. The van der Waals surface area contributed by atoms with Gasteiger partial charge in [-0.1, -0.05) is 0 Å². The molecule has 0 rings (SSSR count). The van der Waals surface area contributed by atoms with E-state index in [1.54, 1.807) is 20.8 Å². The van der Waals surface area contributed by atoms with E-state index in [0.29, 0.717) is 0 Å². The summed E-state index contributed by atoms with van der Waals surface area (Å²) in [5.74, 6) is -4.91. The minimum atomic E-state index is -3.33. The summed E-state index contributed by atoms with van der Waals surface area (Å²) in [6.07, 6.45) is -2.79. The van der Waals surface area contributed by atoms with Gasteiger partial charge in [0.2, 0.25) is 0 Å². The number of hydrogen-bond donors (Lipinski definition) is 2. The number of alkyl halides is 2. The molecule has 0 saturated heterocycles. The van der Waals surface area contributed by atoms with Gasteiger partial charge in [0.05, 0.1) is 0 Å². The van der Waals surface area contributed by atoms with Crippen LogP contribution in [0.25, 0.3) is 0 Å². The molecule has 0 aromatic carbocycles. The van der Waals surface area contributed by atoms with Gasteiger partial charge in [-0.05, 0) is 20.8 Å². The first-order valence-electron chi connectivity index (χ1n) is 5.08. The molecule has 0 aromatic heterocycles. The number of hydrogen-bond acceptors (Lipinski definition) is 3. The van der Waals surface area contributed by atoms with Gasteiger partial charge in [0.25, 0.3) is 5.92 Å². The number of carboxylic acid groups (broad SMARTS) is 1. The van der Waals surface area contributed by atoms with Crippen molar-refractivity contribution in [1.82, 2.24) is 5.32 Å². The lowest BCUT2D eigenvalue weighted by atomic mass is 10.2. The smallest absolute Gasteiger partial charge is 0.407 e. The molecule has 17 heavy (non-hydrogen) atoms. The van der Waals surface area contributed by atoms with Gasteiger partial charge in [-0.25, -0.2) is 13.6 Å². The van der Waals surface area contributed by atoms with Crippen molar-refractivity contribution in [1.29, 1.82) is 0 Å². The van der Waals surface area contributed by atoms with Gasteiger partial charge < -0.3 is 15.2 Å². The largest absolute Gasteiger partial charge is 0.481 e. The Balaban J connectivity index is 3.91. The van der Waals surface area contributed by atoms with Crippen molar-refractivity contribution < 1.29 is 28.2 Å². The lowest BCUT2D eigenvalue weighted by molar-refractivity contribution is -0.145. The Labute approximate surface area is 98.1 Å². The van der Waals surface area contributed by atoms with Crippen LogP contribution in [0, 0.1) is 0 Å².